The van der Waals surface area contributed by atoms with Gasteiger partial charge in [0.05, 0.1) is 5.69 Å². The molecule has 0 amide bonds. The molecule has 0 N–H and O–H groups in total. The molecule has 0 aromatic heterocycles. The lowest BCUT2D eigenvalue weighted by molar-refractivity contribution is 0.975. The first kappa shape index (κ1) is 16.0. The first-order valence-electron chi connectivity index (χ1n) is 9.10. The Hall–Kier alpha value is -2.54. The number of hydrogen-bond donors (Lipinski definition) is 0. The number of fused-ring (bicyclic) bond motifs is 2. The summed E-state index contributed by atoms with van der Waals surface area (Å²) in [5, 5.41) is 0. The zero-order valence-corrected chi connectivity index (χ0v) is 15.6. The molecule has 0 unspecified atom stereocenters. The summed E-state index contributed by atoms with van der Waals surface area (Å²) in [6.45, 7) is 8.83. The molecule has 1 heterocycles. The monoisotopic (exact) mass is 327 g/mol. The lowest BCUT2D eigenvalue weighted by atomic mass is 10.0. The molecule has 1 aliphatic rings. The van der Waals surface area contributed by atoms with E-state index in [0.29, 0.717) is 0 Å². The van der Waals surface area contributed by atoms with Gasteiger partial charge in [-0.2, -0.15) is 0 Å². The van der Waals surface area contributed by atoms with Gasteiger partial charge in [0.1, 0.15) is 0 Å². The highest BCUT2D eigenvalue weighted by molar-refractivity contribution is 5.84. The molecule has 0 radical (unpaired) electrons. The Labute approximate surface area is 150 Å². The van der Waals surface area contributed by atoms with Crippen LogP contribution in [0.4, 0.5) is 17.1 Å². The highest BCUT2D eigenvalue weighted by Gasteiger charge is 2.24. The molecular weight excluding hydrogens is 302 g/mol. The van der Waals surface area contributed by atoms with Gasteiger partial charge in [-0.1, -0.05) is 53.6 Å². The Bertz CT molecular complexity index is 929. The van der Waals surface area contributed by atoms with Crippen molar-refractivity contribution in [2.45, 2.75) is 40.5 Å². The van der Waals surface area contributed by atoms with Gasteiger partial charge in [-0.15, -0.1) is 0 Å². The van der Waals surface area contributed by atoms with Crippen LogP contribution in [0.25, 0.3) is 0 Å². The number of para-hydroxylation sites is 1. The average Bonchev–Trinajstić information content (AvgIpc) is 2.72. The minimum Gasteiger partial charge on any atom is -0.309 e. The fraction of sp³-hybridized carbons (Fsp3) is 0.250. The lowest BCUT2D eigenvalue weighted by Crippen LogP contribution is -2.14. The molecule has 126 valence electrons. The standard InChI is InChI=1S/C24H25N/c1-16-9-12-23-21(15-16)11-10-20-7-5-6-8-22(20)25(23)24-18(3)13-17(2)14-19(24)4/h5-9,12-15H,10-11H2,1-4H3. The zero-order valence-electron chi connectivity index (χ0n) is 15.6. The number of aryl methyl sites for hydroxylation is 6. The molecule has 0 spiro atoms. The van der Waals surface area contributed by atoms with E-state index < -0.39 is 0 Å². The molecule has 1 aliphatic heterocycles. The van der Waals surface area contributed by atoms with Crippen molar-refractivity contribution >= 4 is 17.1 Å². The number of rotatable bonds is 1. The van der Waals surface area contributed by atoms with Crippen molar-refractivity contribution < 1.29 is 0 Å². The van der Waals surface area contributed by atoms with Gasteiger partial charge in [-0.05, 0) is 74.9 Å². The van der Waals surface area contributed by atoms with Crippen LogP contribution in [0.15, 0.2) is 54.6 Å². The first-order valence-corrected chi connectivity index (χ1v) is 9.10. The molecule has 3 aromatic rings. The van der Waals surface area contributed by atoms with Crippen LogP contribution in [0.3, 0.4) is 0 Å². The number of benzene rings is 3. The molecule has 3 aromatic carbocycles. The van der Waals surface area contributed by atoms with E-state index in [-0.39, 0.29) is 0 Å². The second-order valence-electron chi connectivity index (χ2n) is 7.34. The predicted molar refractivity (Wildman–Crippen MR) is 107 cm³/mol. The maximum Gasteiger partial charge on any atom is 0.0520 e. The predicted octanol–water partition coefficient (Wildman–Crippen LogP) is 6.49. The topological polar surface area (TPSA) is 3.24 Å². The highest BCUT2D eigenvalue weighted by Crippen LogP contribution is 2.44. The summed E-state index contributed by atoms with van der Waals surface area (Å²) in [6, 6.07) is 20.3. The highest BCUT2D eigenvalue weighted by atomic mass is 15.2. The van der Waals surface area contributed by atoms with Crippen LogP contribution >= 0.6 is 0 Å². The van der Waals surface area contributed by atoms with Gasteiger partial charge < -0.3 is 4.90 Å². The number of nitrogens with zero attached hydrogens (tertiary/aromatic N) is 1. The van der Waals surface area contributed by atoms with Crippen LogP contribution in [0.1, 0.15) is 33.4 Å². The van der Waals surface area contributed by atoms with Gasteiger partial charge in [-0.3, -0.25) is 0 Å². The molecule has 0 bridgehead atoms. The molecule has 4 rings (SSSR count). The van der Waals surface area contributed by atoms with Crippen LogP contribution in [0, 0.1) is 27.7 Å². The van der Waals surface area contributed by atoms with Crippen molar-refractivity contribution in [1.82, 2.24) is 0 Å². The first-order chi connectivity index (χ1) is 12.0. The Balaban J connectivity index is 2.04. The van der Waals surface area contributed by atoms with E-state index in [1.54, 1.807) is 0 Å². The fourth-order valence-electron chi connectivity index (χ4n) is 4.24. The molecule has 0 atom stereocenters. The van der Waals surface area contributed by atoms with Crippen molar-refractivity contribution in [1.29, 1.82) is 0 Å². The summed E-state index contributed by atoms with van der Waals surface area (Å²) in [7, 11) is 0. The second kappa shape index (κ2) is 6.07. The summed E-state index contributed by atoms with van der Waals surface area (Å²) in [5.74, 6) is 0. The lowest BCUT2D eigenvalue weighted by Gasteiger charge is -2.30. The Morgan fingerprint density at radius 2 is 1.28 bits per heavy atom. The van der Waals surface area contributed by atoms with Crippen molar-refractivity contribution in [3.05, 3.63) is 88.0 Å². The van der Waals surface area contributed by atoms with Crippen LogP contribution in [0.2, 0.25) is 0 Å². The third kappa shape index (κ3) is 2.74. The minimum absolute atomic E-state index is 1.09. The number of anilines is 3. The van der Waals surface area contributed by atoms with Crippen molar-refractivity contribution in [3.8, 4) is 0 Å². The van der Waals surface area contributed by atoms with Gasteiger partial charge in [-0.25, -0.2) is 0 Å². The molecule has 1 heteroatoms. The quantitative estimate of drug-likeness (QED) is 0.494. The van der Waals surface area contributed by atoms with Gasteiger partial charge in [0.2, 0.25) is 0 Å². The summed E-state index contributed by atoms with van der Waals surface area (Å²) in [5.41, 5.74) is 12.2. The third-order valence-electron chi connectivity index (χ3n) is 5.23. The van der Waals surface area contributed by atoms with Gasteiger partial charge in [0.25, 0.3) is 0 Å². The summed E-state index contributed by atoms with van der Waals surface area (Å²) >= 11 is 0. The zero-order chi connectivity index (χ0) is 17.6. The van der Waals surface area contributed by atoms with E-state index in [1.807, 2.05) is 0 Å². The summed E-state index contributed by atoms with van der Waals surface area (Å²) < 4.78 is 0. The summed E-state index contributed by atoms with van der Waals surface area (Å²) in [6.07, 6.45) is 2.18. The van der Waals surface area contributed by atoms with Crippen molar-refractivity contribution in [2.24, 2.45) is 0 Å². The largest absolute Gasteiger partial charge is 0.309 e. The van der Waals surface area contributed by atoms with E-state index in [4.69, 9.17) is 0 Å². The fourth-order valence-corrected chi connectivity index (χ4v) is 4.24. The summed E-state index contributed by atoms with van der Waals surface area (Å²) in [4.78, 5) is 2.49. The molecule has 25 heavy (non-hydrogen) atoms. The van der Waals surface area contributed by atoms with E-state index in [1.165, 1.54) is 50.4 Å². The minimum atomic E-state index is 1.09. The van der Waals surface area contributed by atoms with Crippen molar-refractivity contribution in [3.63, 3.8) is 0 Å². The van der Waals surface area contributed by atoms with Crippen molar-refractivity contribution in [2.75, 3.05) is 4.90 Å². The Kier molecular flexibility index (Phi) is 3.88. The molecule has 0 saturated carbocycles. The number of hydrogen-bond acceptors (Lipinski definition) is 1. The second-order valence-corrected chi connectivity index (χ2v) is 7.34. The van der Waals surface area contributed by atoms with Crippen LogP contribution in [0.5, 0.6) is 0 Å². The molecule has 0 fully saturated rings. The van der Waals surface area contributed by atoms with E-state index >= 15 is 0 Å². The molecular formula is C24H25N. The average molecular weight is 327 g/mol. The third-order valence-corrected chi connectivity index (χ3v) is 5.23. The van der Waals surface area contributed by atoms with E-state index in [0.717, 1.165) is 12.8 Å². The normalized spacial score (nSPS) is 13.2. The molecule has 0 saturated heterocycles. The van der Waals surface area contributed by atoms with E-state index in [9.17, 15) is 0 Å². The van der Waals surface area contributed by atoms with Gasteiger partial charge in [0, 0.05) is 11.4 Å². The van der Waals surface area contributed by atoms with Crippen LogP contribution < -0.4 is 4.90 Å². The maximum absolute atomic E-state index is 2.49. The van der Waals surface area contributed by atoms with Gasteiger partial charge in [0.15, 0.2) is 0 Å². The smallest absolute Gasteiger partial charge is 0.0520 e. The maximum atomic E-state index is 2.49. The Morgan fingerprint density at radius 1 is 0.640 bits per heavy atom. The Morgan fingerprint density at radius 3 is 2.04 bits per heavy atom. The van der Waals surface area contributed by atoms with Crippen LogP contribution in [-0.4, -0.2) is 0 Å². The van der Waals surface area contributed by atoms with Crippen LogP contribution in [-0.2, 0) is 12.8 Å². The van der Waals surface area contributed by atoms with Gasteiger partial charge >= 0.3 is 0 Å². The molecule has 1 nitrogen and oxygen atoms in total. The SMILES string of the molecule is Cc1cc(C)c(N2c3ccccc3CCc3cc(C)ccc32)c(C)c1. The van der Waals surface area contributed by atoms with E-state index in [2.05, 4.69) is 87.2 Å². The molecule has 0 aliphatic carbocycles.